The van der Waals surface area contributed by atoms with Crippen molar-refractivity contribution in [3.05, 3.63) is 40.8 Å². The van der Waals surface area contributed by atoms with Crippen LogP contribution in [0.15, 0.2) is 18.2 Å². The van der Waals surface area contributed by atoms with E-state index in [4.69, 9.17) is 5.11 Å². The highest BCUT2D eigenvalue weighted by molar-refractivity contribution is 5.47. The second-order valence-corrected chi connectivity index (χ2v) is 2.08. The number of nitrogens with zero attached hydrogens (tertiary/aromatic N) is 1. The Labute approximate surface area is 63.2 Å². The molecule has 11 heavy (non-hydrogen) atoms. The molecule has 0 aliphatic heterocycles. The average molecular weight is 152 g/mol. The van der Waals surface area contributed by atoms with Crippen LogP contribution in [0.4, 0.5) is 5.69 Å². The molecule has 0 amide bonds. The summed E-state index contributed by atoms with van der Waals surface area (Å²) in [5.74, 6) is -0.345. The molecule has 1 aromatic carbocycles. The lowest BCUT2D eigenvalue weighted by atomic mass is 10.2. The summed E-state index contributed by atoms with van der Waals surface area (Å²) < 4.78 is 0. The van der Waals surface area contributed by atoms with Crippen LogP contribution in [0.3, 0.4) is 0 Å². The Morgan fingerprint density at radius 2 is 2.18 bits per heavy atom. The highest BCUT2D eigenvalue weighted by atomic mass is 16.6. The van der Waals surface area contributed by atoms with Crippen molar-refractivity contribution in [3.63, 3.8) is 0 Å². The zero-order chi connectivity index (χ0) is 8.43. The molecule has 4 heteroatoms. The van der Waals surface area contributed by atoms with E-state index in [1.54, 1.807) is 0 Å². The first-order valence-electron chi connectivity index (χ1n) is 2.90. The van der Waals surface area contributed by atoms with Crippen LogP contribution in [0, 0.1) is 17.0 Å². The predicted octanol–water partition coefficient (Wildman–Crippen LogP) is 1.48. The molecule has 0 spiro atoms. The molecule has 0 aliphatic carbocycles. The fraction of sp³-hybridized carbons (Fsp3) is 0. The Hall–Kier alpha value is -1.58. The Bertz CT molecular complexity index is 296. The van der Waals surface area contributed by atoms with Gasteiger partial charge >= 0.3 is 5.69 Å². The molecular formula is C7H6NO3. The van der Waals surface area contributed by atoms with Crippen molar-refractivity contribution in [1.82, 2.24) is 0 Å². The minimum absolute atomic E-state index is 0.294. The molecule has 0 heterocycles. The zero-order valence-electron chi connectivity index (χ0n) is 5.65. The van der Waals surface area contributed by atoms with Crippen LogP contribution in [0.1, 0.15) is 5.56 Å². The van der Waals surface area contributed by atoms with Crippen molar-refractivity contribution in [2.24, 2.45) is 0 Å². The van der Waals surface area contributed by atoms with Gasteiger partial charge in [0.2, 0.25) is 0 Å². The molecule has 57 valence electrons. The lowest BCUT2D eigenvalue weighted by Gasteiger charge is -1.95. The first-order valence-corrected chi connectivity index (χ1v) is 2.90. The van der Waals surface area contributed by atoms with Crippen LogP contribution in [0.5, 0.6) is 5.75 Å². The molecule has 0 unspecified atom stereocenters. The molecule has 0 aliphatic rings. The first kappa shape index (κ1) is 7.53. The molecule has 1 N–H and O–H groups in total. The van der Waals surface area contributed by atoms with Gasteiger partial charge in [0.1, 0.15) is 0 Å². The molecule has 0 fully saturated rings. The third-order valence-corrected chi connectivity index (χ3v) is 1.24. The van der Waals surface area contributed by atoms with Gasteiger partial charge in [-0.15, -0.1) is 0 Å². The van der Waals surface area contributed by atoms with E-state index in [-0.39, 0.29) is 11.4 Å². The molecule has 0 atom stereocenters. The quantitative estimate of drug-likeness (QED) is 0.489. The van der Waals surface area contributed by atoms with Gasteiger partial charge < -0.3 is 5.11 Å². The van der Waals surface area contributed by atoms with Gasteiger partial charge in [-0.3, -0.25) is 10.1 Å². The van der Waals surface area contributed by atoms with E-state index in [0.717, 1.165) is 0 Å². The Balaban J connectivity index is 3.20. The van der Waals surface area contributed by atoms with Crippen molar-refractivity contribution in [2.45, 2.75) is 0 Å². The summed E-state index contributed by atoms with van der Waals surface area (Å²) >= 11 is 0. The van der Waals surface area contributed by atoms with Crippen molar-refractivity contribution in [3.8, 4) is 5.75 Å². The maximum Gasteiger partial charge on any atom is 0.310 e. The maximum absolute atomic E-state index is 10.2. The third-order valence-electron chi connectivity index (χ3n) is 1.24. The number of hydrogen-bond acceptors (Lipinski definition) is 3. The molecule has 1 rings (SSSR count). The van der Waals surface area contributed by atoms with Gasteiger partial charge in [-0.05, 0) is 18.6 Å². The average Bonchev–Trinajstić information content (AvgIpc) is 1.85. The smallest absolute Gasteiger partial charge is 0.310 e. The number of aromatic hydroxyl groups is 1. The van der Waals surface area contributed by atoms with Crippen LogP contribution in [-0.2, 0) is 0 Å². The molecule has 0 bridgehead atoms. The van der Waals surface area contributed by atoms with Crippen molar-refractivity contribution in [1.29, 1.82) is 0 Å². The summed E-state index contributed by atoms with van der Waals surface area (Å²) in [6.45, 7) is 3.50. The number of nitro benzene ring substituents is 1. The SMILES string of the molecule is [CH2]c1ccc([N+](=O)[O-])c(O)c1. The fourth-order valence-electron chi connectivity index (χ4n) is 0.723. The van der Waals surface area contributed by atoms with Crippen LogP contribution in [0.25, 0.3) is 0 Å². The number of hydrogen-bond donors (Lipinski definition) is 1. The standard InChI is InChI=1S/C7H6NO3/c1-5-2-3-6(8(10)11)7(9)4-5/h2-4,9H,1H2. The summed E-state index contributed by atoms with van der Waals surface area (Å²) in [5, 5.41) is 19.1. The van der Waals surface area contributed by atoms with E-state index >= 15 is 0 Å². The summed E-state index contributed by atoms with van der Waals surface area (Å²) in [5.41, 5.74) is 0.255. The molecular weight excluding hydrogens is 146 g/mol. The van der Waals surface area contributed by atoms with E-state index in [1.165, 1.54) is 18.2 Å². The molecule has 1 aromatic rings. The van der Waals surface area contributed by atoms with Crippen LogP contribution in [0.2, 0.25) is 0 Å². The minimum Gasteiger partial charge on any atom is -0.502 e. The normalized spacial score (nSPS) is 9.55. The topological polar surface area (TPSA) is 63.4 Å². The molecule has 0 saturated carbocycles. The molecule has 0 saturated heterocycles. The second kappa shape index (κ2) is 2.57. The Morgan fingerprint density at radius 1 is 1.55 bits per heavy atom. The van der Waals surface area contributed by atoms with Crippen LogP contribution in [-0.4, -0.2) is 10.0 Å². The number of phenolic OH excluding ortho intramolecular Hbond substituents is 1. The predicted molar refractivity (Wildman–Crippen MR) is 39.2 cm³/mol. The van der Waals surface area contributed by atoms with E-state index in [2.05, 4.69) is 6.92 Å². The molecule has 0 aromatic heterocycles. The van der Waals surface area contributed by atoms with Gasteiger partial charge in [0.05, 0.1) is 4.92 Å². The number of nitro groups is 1. The summed E-state index contributed by atoms with van der Waals surface area (Å²) in [4.78, 5) is 9.51. The van der Waals surface area contributed by atoms with E-state index < -0.39 is 4.92 Å². The highest BCUT2D eigenvalue weighted by Gasteiger charge is 2.10. The molecule has 4 nitrogen and oxygen atoms in total. The number of phenols is 1. The Kier molecular flexibility index (Phi) is 1.76. The van der Waals surface area contributed by atoms with E-state index in [0.29, 0.717) is 5.56 Å². The van der Waals surface area contributed by atoms with Gasteiger partial charge in [-0.2, -0.15) is 0 Å². The van der Waals surface area contributed by atoms with Crippen LogP contribution >= 0.6 is 0 Å². The summed E-state index contributed by atoms with van der Waals surface area (Å²) in [7, 11) is 0. The van der Waals surface area contributed by atoms with Crippen molar-refractivity contribution < 1.29 is 10.0 Å². The number of benzene rings is 1. The maximum atomic E-state index is 10.2. The lowest BCUT2D eigenvalue weighted by molar-refractivity contribution is -0.385. The van der Waals surface area contributed by atoms with Gasteiger partial charge in [-0.25, -0.2) is 0 Å². The fourth-order valence-corrected chi connectivity index (χ4v) is 0.723. The van der Waals surface area contributed by atoms with Gasteiger partial charge in [-0.1, -0.05) is 6.07 Å². The summed E-state index contributed by atoms with van der Waals surface area (Å²) in [6, 6.07) is 3.94. The Morgan fingerprint density at radius 3 is 2.64 bits per heavy atom. The van der Waals surface area contributed by atoms with Gasteiger partial charge in [0.25, 0.3) is 0 Å². The largest absolute Gasteiger partial charge is 0.502 e. The second-order valence-electron chi connectivity index (χ2n) is 2.08. The number of rotatable bonds is 1. The molecule has 1 radical (unpaired) electrons. The zero-order valence-corrected chi connectivity index (χ0v) is 5.65. The monoisotopic (exact) mass is 152 g/mol. The van der Waals surface area contributed by atoms with Crippen LogP contribution < -0.4 is 0 Å². The van der Waals surface area contributed by atoms with Crippen molar-refractivity contribution >= 4 is 5.69 Å². The van der Waals surface area contributed by atoms with E-state index in [9.17, 15) is 10.1 Å². The highest BCUT2D eigenvalue weighted by Crippen LogP contribution is 2.25. The lowest BCUT2D eigenvalue weighted by Crippen LogP contribution is -1.88. The van der Waals surface area contributed by atoms with Gasteiger partial charge in [0.15, 0.2) is 5.75 Å². The van der Waals surface area contributed by atoms with Crippen molar-refractivity contribution in [2.75, 3.05) is 0 Å². The summed E-state index contributed by atoms with van der Waals surface area (Å²) in [6.07, 6.45) is 0. The van der Waals surface area contributed by atoms with E-state index in [1.807, 2.05) is 0 Å². The minimum atomic E-state index is -0.644. The third kappa shape index (κ3) is 1.46. The first-order chi connectivity index (χ1) is 5.11. The van der Waals surface area contributed by atoms with Gasteiger partial charge in [0, 0.05) is 6.07 Å².